The van der Waals surface area contributed by atoms with Gasteiger partial charge in [0.15, 0.2) is 0 Å². The smallest absolute Gasteiger partial charge is 0.287 e. The number of amides is 1. The summed E-state index contributed by atoms with van der Waals surface area (Å²) in [6.45, 7) is -0.483. The Morgan fingerprint density at radius 3 is 2.96 bits per heavy atom. The summed E-state index contributed by atoms with van der Waals surface area (Å²) in [7, 11) is 0. The van der Waals surface area contributed by atoms with E-state index in [2.05, 4.69) is 14.1 Å². The molecule has 0 radical (unpaired) electrons. The summed E-state index contributed by atoms with van der Waals surface area (Å²) in [6.07, 6.45) is 0.924. The molecule has 0 unspecified atom stereocenters. The second-order valence-corrected chi connectivity index (χ2v) is 5.43. The summed E-state index contributed by atoms with van der Waals surface area (Å²) in [5, 5.41) is 22.4. The molecule has 0 fully saturated rings. The fourth-order valence-corrected chi connectivity index (χ4v) is 2.72. The number of nitrogens with zero attached hydrogens (tertiary/aromatic N) is 5. The minimum Gasteiger partial charge on any atom is -0.323 e. The molecular weight excluding hydrogens is 348 g/mol. The van der Waals surface area contributed by atoms with E-state index < -0.39 is 34.2 Å². The molecule has 1 N–H and O–H groups in total. The predicted molar refractivity (Wildman–Crippen MR) is 88.1 cm³/mol. The second-order valence-electron chi connectivity index (χ2n) is 4.90. The van der Waals surface area contributed by atoms with Gasteiger partial charge in [0.25, 0.3) is 11.2 Å². The average molecular weight is 356 g/mol. The van der Waals surface area contributed by atoms with Gasteiger partial charge in [0, 0.05) is 6.07 Å². The van der Waals surface area contributed by atoms with Gasteiger partial charge in [-0.1, -0.05) is 6.07 Å². The van der Waals surface area contributed by atoms with Crippen molar-refractivity contribution < 1.29 is 9.72 Å². The Bertz CT molecular complexity index is 1100. The molecule has 0 saturated carbocycles. The highest BCUT2D eigenvalue weighted by Gasteiger charge is 2.16. The van der Waals surface area contributed by atoms with Crippen molar-refractivity contribution >= 4 is 40.0 Å². The quantitative estimate of drug-likeness (QED) is 0.547. The molecule has 124 valence electrons. The first-order chi connectivity index (χ1) is 12.0. The monoisotopic (exact) mass is 356 g/mol. The Morgan fingerprint density at radius 2 is 2.24 bits per heavy atom. The number of nitriles is 1. The summed E-state index contributed by atoms with van der Waals surface area (Å²) in [5.41, 5.74) is -0.110. The van der Waals surface area contributed by atoms with Crippen LogP contribution in [0.2, 0.25) is 0 Å². The molecule has 10 nitrogen and oxygen atoms in total. The summed E-state index contributed by atoms with van der Waals surface area (Å²) in [6, 6.07) is 7.51. The summed E-state index contributed by atoms with van der Waals surface area (Å²) >= 11 is 0.993. The third kappa shape index (κ3) is 3.19. The number of carbonyl (C=O) groups is 1. The van der Waals surface area contributed by atoms with E-state index in [9.17, 15) is 19.7 Å². The number of fused-ring (bicyclic) bond motifs is 1. The Balaban J connectivity index is 1.90. The lowest BCUT2D eigenvalue weighted by Gasteiger charge is -2.08. The number of carbonyl (C=O) groups excluding carboxylic acids is 1. The van der Waals surface area contributed by atoms with E-state index in [1.807, 2.05) is 0 Å². The Kier molecular flexibility index (Phi) is 4.19. The average Bonchev–Trinajstić information content (AvgIpc) is 3.06. The molecule has 0 aliphatic heterocycles. The number of hydrogen-bond donors (Lipinski definition) is 1. The standard InChI is InChI=1S/C14H8N6O4S/c15-5-8-4-9(20(23)24)6-19(14(8)22)7-12(21)16-10-2-1-3-11-13(10)18-25-17-11/h1-4,6H,7H2,(H,16,21). The molecule has 2 heterocycles. The van der Waals surface area contributed by atoms with Crippen molar-refractivity contribution in [3.05, 3.63) is 56.5 Å². The van der Waals surface area contributed by atoms with Crippen LogP contribution in [0.1, 0.15) is 5.56 Å². The molecule has 0 bridgehead atoms. The molecular formula is C14H8N6O4S. The van der Waals surface area contributed by atoms with Crippen molar-refractivity contribution in [1.82, 2.24) is 13.3 Å². The van der Waals surface area contributed by atoms with E-state index in [1.165, 1.54) is 0 Å². The third-order valence-corrected chi connectivity index (χ3v) is 3.82. The topological polar surface area (TPSA) is 144 Å². The van der Waals surface area contributed by atoms with Crippen LogP contribution in [0.4, 0.5) is 11.4 Å². The van der Waals surface area contributed by atoms with Gasteiger partial charge in [-0.15, -0.1) is 0 Å². The molecule has 11 heteroatoms. The lowest BCUT2D eigenvalue weighted by atomic mass is 10.2. The van der Waals surface area contributed by atoms with Crippen molar-refractivity contribution in [3.8, 4) is 6.07 Å². The Hall–Kier alpha value is -3.65. The van der Waals surface area contributed by atoms with Crippen LogP contribution in [0.3, 0.4) is 0 Å². The maximum absolute atomic E-state index is 12.2. The van der Waals surface area contributed by atoms with Gasteiger partial charge in [-0.2, -0.15) is 14.0 Å². The summed E-state index contributed by atoms with van der Waals surface area (Å²) in [5.74, 6) is -0.591. The minimum absolute atomic E-state index is 0.409. The van der Waals surface area contributed by atoms with E-state index in [-0.39, 0.29) is 0 Å². The van der Waals surface area contributed by atoms with Gasteiger partial charge in [-0.25, -0.2) is 0 Å². The molecule has 1 amide bonds. The molecule has 2 aromatic heterocycles. The van der Waals surface area contributed by atoms with Crippen LogP contribution in [0.5, 0.6) is 0 Å². The van der Waals surface area contributed by atoms with Crippen LogP contribution < -0.4 is 10.9 Å². The fraction of sp³-hybridized carbons (Fsp3) is 0.0714. The zero-order valence-corrected chi connectivity index (χ0v) is 13.2. The molecule has 0 aliphatic carbocycles. The van der Waals surface area contributed by atoms with Gasteiger partial charge < -0.3 is 5.32 Å². The largest absolute Gasteiger partial charge is 0.323 e. The van der Waals surface area contributed by atoms with Crippen LogP contribution in [0.15, 0.2) is 35.3 Å². The summed E-state index contributed by atoms with van der Waals surface area (Å²) < 4.78 is 8.95. The van der Waals surface area contributed by atoms with Gasteiger partial charge in [-0.05, 0) is 12.1 Å². The number of aromatic nitrogens is 3. The van der Waals surface area contributed by atoms with Gasteiger partial charge in [-0.3, -0.25) is 24.3 Å². The lowest BCUT2D eigenvalue weighted by Crippen LogP contribution is -2.29. The van der Waals surface area contributed by atoms with Crippen molar-refractivity contribution in [1.29, 1.82) is 5.26 Å². The van der Waals surface area contributed by atoms with Crippen molar-refractivity contribution in [2.75, 3.05) is 5.32 Å². The van der Waals surface area contributed by atoms with Gasteiger partial charge in [0.05, 0.1) is 28.5 Å². The van der Waals surface area contributed by atoms with Crippen molar-refractivity contribution in [2.24, 2.45) is 0 Å². The number of nitro groups is 1. The van der Waals surface area contributed by atoms with Gasteiger partial charge >= 0.3 is 0 Å². The summed E-state index contributed by atoms with van der Waals surface area (Å²) in [4.78, 5) is 34.4. The second kappa shape index (κ2) is 6.46. The molecule has 25 heavy (non-hydrogen) atoms. The first-order valence-electron chi connectivity index (χ1n) is 6.79. The number of nitrogens with one attached hydrogen (secondary N) is 1. The van der Waals surface area contributed by atoms with E-state index in [1.54, 1.807) is 24.3 Å². The van der Waals surface area contributed by atoms with Crippen LogP contribution in [0.25, 0.3) is 11.0 Å². The number of benzene rings is 1. The molecule has 3 aromatic rings. The van der Waals surface area contributed by atoms with E-state index >= 15 is 0 Å². The highest BCUT2D eigenvalue weighted by Crippen LogP contribution is 2.21. The van der Waals surface area contributed by atoms with E-state index in [4.69, 9.17) is 5.26 Å². The zero-order valence-electron chi connectivity index (χ0n) is 12.4. The van der Waals surface area contributed by atoms with Gasteiger partial charge in [0.1, 0.15) is 29.2 Å². The Morgan fingerprint density at radius 1 is 1.44 bits per heavy atom. The highest BCUT2D eigenvalue weighted by molar-refractivity contribution is 7.00. The van der Waals surface area contributed by atoms with E-state index in [0.717, 1.165) is 28.6 Å². The molecule has 0 saturated heterocycles. The Labute approximate surface area is 143 Å². The molecule has 1 aromatic carbocycles. The first-order valence-corrected chi connectivity index (χ1v) is 7.52. The van der Waals surface area contributed by atoms with Gasteiger partial charge in [0.2, 0.25) is 5.91 Å². The first kappa shape index (κ1) is 16.2. The van der Waals surface area contributed by atoms with Crippen LogP contribution >= 0.6 is 11.7 Å². The normalized spacial score (nSPS) is 10.4. The number of hydrogen-bond acceptors (Lipinski definition) is 8. The van der Waals surface area contributed by atoms with Crippen molar-refractivity contribution in [3.63, 3.8) is 0 Å². The molecule has 3 rings (SSSR count). The number of pyridine rings is 1. The number of rotatable bonds is 4. The SMILES string of the molecule is N#Cc1cc([N+](=O)[O-])cn(CC(=O)Nc2cccc3nsnc23)c1=O. The third-order valence-electron chi connectivity index (χ3n) is 3.28. The lowest BCUT2D eigenvalue weighted by molar-refractivity contribution is -0.385. The van der Waals surface area contributed by atoms with Crippen LogP contribution in [-0.4, -0.2) is 24.1 Å². The maximum Gasteiger partial charge on any atom is 0.287 e. The van der Waals surface area contributed by atoms with E-state index in [0.29, 0.717) is 16.7 Å². The fourth-order valence-electron chi connectivity index (χ4n) is 2.17. The minimum atomic E-state index is -0.781. The number of anilines is 1. The predicted octanol–water partition coefficient (Wildman–Crippen LogP) is 1.27. The highest BCUT2D eigenvalue weighted by atomic mass is 32.1. The molecule has 0 aliphatic rings. The van der Waals surface area contributed by atoms with Crippen LogP contribution in [-0.2, 0) is 11.3 Å². The molecule has 0 atom stereocenters. The maximum atomic E-state index is 12.2. The molecule has 0 spiro atoms. The zero-order chi connectivity index (χ0) is 18.0. The van der Waals surface area contributed by atoms with Crippen LogP contribution in [0, 0.1) is 21.4 Å². The van der Waals surface area contributed by atoms with Crippen molar-refractivity contribution in [2.45, 2.75) is 6.54 Å².